The van der Waals surface area contributed by atoms with Crippen LogP contribution in [0.3, 0.4) is 0 Å². The van der Waals surface area contributed by atoms with Gasteiger partial charge in [-0.05, 0) is 42.5 Å². The van der Waals surface area contributed by atoms with Gasteiger partial charge in [-0.15, -0.1) is 0 Å². The molecule has 0 radical (unpaired) electrons. The van der Waals surface area contributed by atoms with Crippen molar-refractivity contribution in [3.8, 4) is 11.5 Å². The van der Waals surface area contributed by atoms with E-state index in [1.165, 1.54) is 0 Å². The second kappa shape index (κ2) is 7.84. The molecule has 0 spiro atoms. The van der Waals surface area contributed by atoms with Crippen molar-refractivity contribution in [3.05, 3.63) is 83.9 Å². The molecule has 0 saturated carbocycles. The number of hydrogen-bond donors (Lipinski definition) is 2. The zero-order chi connectivity index (χ0) is 19.3. The second-order valence-corrected chi connectivity index (χ2v) is 6.21. The number of amides is 2. The number of para-hydroxylation sites is 1. The molecule has 1 heterocycles. The molecule has 0 fully saturated rings. The molecule has 3 aromatic rings. The van der Waals surface area contributed by atoms with Crippen molar-refractivity contribution in [2.75, 3.05) is 23.8 Å². The lowest BCUT2D eigenvalue weighted by Gasteiger charge is -2.19. The lowest BCUT2D eigenvalue weighted by molar-refractivity contribution is 0.102. The number of carbonyl (C=O) groups excluding carboxylic acids is 2. The quantitative estimate of drug-likeness (QED) is 0.725. The van der Waals surface area contributed by atoms with E-state index in [9.17, 15) is 9.59 Å². The van der Waals surface area contributed by atoms with Crippen LogP contribution < -0.4 is 20.1 Å². The van der Waals surface area contributed by atoms with Gasteiger partial charge in [0.25, 0.3) is 11.8 Å². The standard InChI is InChI=1S/C22H18N2O4/c25-21(23-17-7-2-1-3-8-17)15-5-4-6-16(13-15)22(26)24-18-9-10-19-20(14-18)28-12-11-27-19/h1-10,13-14H,11-12H2,(H,23,25)(H,24,26). The van der Waals surface area contributed by atoms with Crippen LogP contribution in [0.5, 0.6) is 11.5 Å². The molecule has 2 N–H and O–H groups in total. The Morgan fingerprint density at radius 3 is 2.00 bits per heavy atom. The van der Waals surface area contributed by atoms with E-state index < -0.39 is 0 Å². The summed E-state index contributed by atoms with van der Waals surface area (Å²) < 4.78 is 11.0. The van der Waals surface area contributed by atoms with Gasteiger partial charge in [-0.3, -0.25) is 9.59 Å². The van der Waals surface area contributed by atoms with E-state index in [4.69, 9.17) is 9.47 Å². The van der Waals surface area contributed by atoms with Crippen molar-refractivity contribution in [2.24, 2.45) is 0 Å². The lowest BCUT2D eigenvalue weighted by atomic mass is 10.1. The van der Waals surface area contributed by atoms with Crippen LogP contribution in [-0.2, 0) is 0 Å². The first-order valence-electron chi connectivity index (χ1n) is 8.86. The number of benzene rings is 3. The number of fused-ring (bicyclic) bond motifs is 1. The van der Waals surface area contributed by atoms with Crippen molar-refractivity contribution in [1.82, 2.24) is 0 Å². The van der Waals surface area contributed by atoms with E-state index in [-0.39, 0.29) is 11.8 Å². The Hall–Kier alpha value is -3.80. The lowest BCUT2D eigenvalue weighted by Crippen LogP contribution is -2.17. The van der Waals surface area contributed by atoms with Crippen molar-refractivity contribution in [3.63, 3.8) is 0 Å². The summed E-state index contributed by atoms with van der Waals surface area (Å²) >= 11 is 0. The van der Waals surface area contributed by atoms with Gasteiger partial charge in [-0.25, -0.2) is 0 Å². The third-order valence-electron chi connectivity index (χ3n) is 4.22. The number of nitrogens with one attached hydrogen (secondary N) is 2. The molecule has 3 aromatic carbocycles. The minimum absolute atomic E-state index is 0.278. The monoisotopic (exact) mass is 374 g/mol. The van der Waals surface area contributed by atoms with Gasteiger partial charge in [0.15, 0.2) is 11.5 Å². The van der Waals surface area contributed by atoms with Crippen LogP contribution >= 0.6 is 0 Å². The van der Waals surface area contributed by atoms with Gasteiger partial charge < -0.3 is 20.1 Å². The summed E-state index contributed by atoms with van der Waals surface area (Å²) in [7, 11) is 0. The average molecular weight is 374 g/mol. The second-order valence-electron chi connectivity index (χ2n) is 6.21. The molecule has 6 heteroatoms. The van der Waals surface area contributed by atoms with Crippen LogP contribution in [0.2, 0.25) is 0 Å². The van der Waals surface area contributed by atoms with Gasteiger partial charge in [-0.2, -0.15) is 0 Å². The van der Waals surface area contributed by atoms with Gasteiger partial charge in [0.2, 0.25) is 0 Å². The van der Waals surface area contributed by atoms with E-state index in [1.54, 1.807) is 54.6 Å². The Balaban J connectivity index is 1.47. The molecule has 28 heavy (non-hydrogen) atoms. The normalized spacial score (nSPS) is 12.1. The highest BCUT2D eigenvalue weighted by atomic mass is 16.6. The summed E-state index contributed by atoms with van der Waals surface area (Å²) in [5, 5.41) is 5.63. The van der Waals surface area contributed by atoms with Crippen molar-refractivity contribution >= 4 is 23.2 Å². The molecular formula is C22H18N2O4. The summed E-state index contributed by atoms with van der Waals surface area (Å²) in [6.45, 7) is 0.986. The fourth-order valence-corrected chi connectivity index (χ4v) is 2.85. The Bertz CT molecular complexity index is 1020. The molecule has 0 saturated heterocycles. The highest BCUT2D eigenvalue weighted by molar-refractivity contribution is 6.08. The van der Waals surface area contributed by atoms with Crippen molar-refractivity contribution in [1.29, 1.82) is 0 Å². The molecule has 1 aliphatic heterocycles. The molecule has 1 aliphatic rings. The van der Waals surface area contributed by atoms with Gasteiger partial charge in [-0.1, -0.05) is 24.3 Å². The van der Waals surface area contributed by atoms with Gasteiger partial charge in [0.05, 0.1) is 0 Å². The minimum atomic E-state index is -0.314. The van der Waals surface area contributed by atoms with Crippen LogP contribution in [-0.4, -0.2) is 25.0 Å². The van der Waals surface area contributed by atoms with E-state index in [1.807, 2.05) is 18.2 Å². The minimum Gasteiger partial charge on any atom is -0.486 e. The largest absolute Gasteiger partial charge is 0.486 e. The number of carbonyl (C=O) groups is 2. The SMILES string of the molecule is O=C(Nc1ccccc1)c1cccc(C(=O)Nc2ccc3c(c2)OCCO3)c1. The molecule has 0 unspecified atom stereocenters. The molecule has 2 amide bonds. The van der Waals surface area contributed by atoms with Gasteiger partial charge in [0.1, 0.15) is 13.2 Å². The molecule has 0 bridgehead atoms. The summed E-state index contributed by atoms with van der Waals surface area (Å²) in [6, 6.07) is 20.9. The Kier molecular flexibility index (Phi) is 4.93. The molecule has 140 valence electrons. The van der Waals surface area contributed by atoms with E-state index in [0.29, 0.717) is 47.2 Å². The predicted molar refractivity (Wildman–Crippen MR) is 106 cm³/mol. The summed E-state index contributed by atoms with van der Waals surface area (Å²) in [5.74, 6) is 0.662. The van der Waals surface area contributed by atoms with Crippen LogP contribution in [0.1, 0.15) is 20.7 Å². The molecule has 0 aromatic heterocycles. The third-order valence-corrected chi connectivity index (χ3v) is 4.22. The van der Waals surface area contributed by atoms with Crippen LogP contribution in [0.15, 0.2) is 72.8 Å². The maximum Gasteiger partial charge on any atom is 0.255 e. The highest BCUT2D eigenvalue weighted by Crippen LogP contribution is 2.32. The van der Waals surface area contributed by atoms with Crippen molar-refractivity contribution < 1.29 is 19.1 Å². The van der Waals surface area contributed by atoms with Gasteiger partial charge >= 0.3 is 0 Å². The first kappa shape index (κ1) is 17.6. The average Bonchev–Trinajstić information content (AvgIpc) is 2.74. The van der Waals surface area contributed by atoms with Crippen LogP contribution in [0, 0.1) is 0 Å². The first-order valence-corrected chi connectivity index (χ1v) is 8.86. The van der Waals surface area contributed by atoms with E-state index in [2.05, 4.69) is 10.6 Å². The summed E-state index contributed by atoms with van der Waals surface area (Å²) in [4.78, 5) is 25.0. The molecular weight excluding hydrogens is 356 g/mol. The maximum atomic E-state index is 12.6. The zero-order valence-corrected chi connectivity index (χ0v) is 15.0. The summed E-state index contributed by atoms with van der Waals surface area (Å²) in [5.41, 5.74) is 2.07. The fourth-order valence-electron chi connectivity index (χ4n) is 2.85. The molecule has 6 nitrogen and oxygen atoms in total. The number of anilines is 2. The van der Waals surface area contributed by atoms with Crippen LogP contribution in [0.4, 0.5) is 11.4 Å². The Morgan fingerprint density at radius 2 is 1.29 bits per heavy atom. The summed E-state index contributed by atoms with van der Waals surface area (Å²) in [6.07, 6.45) is 0. The predicted octanol–water partition coefficient (Wildman–Crippen LogP) is 3.96. The Labute approximate surface area is 162 Å². The highest BCUT2D eigenvalue weighted by Gasteiger charge is 2.14. The van der Waals surface area contributed by atoms with Crippen LogP contribution in [0.25, 0.3) is 0 Å². The van der Waals surface area contributed by atoms with Gasteiger partial charge in [0, 0.05) is 28.6 Å². The topological polar surface area (TPSA) is 76.7 Å². The Morgan fingerprint density at radius 1 is 0.643 bits per heavy atom. The number of rotatable bonds is 4. The maximum absolute atomic E-state index is 12.6. The van der Waals surface area contributed by atoms with E-state index >= 15 is 0 Å². The van der Waals surface area contributed by atoms with Crippen molar-refractivity contribution in [2.45, 2.75) is 0 Å². The molecule has 4 rings (SSSR count). The fraction of sp³-hybridized carbons (Fsp3) is 0.0909. The molecule has 0 aliphatic carbocycles. The molecule has 0 atom stereocenters. The smallest absolute Gasteiger partial charge is 0.255 e. The third kappa shape index (κ3) is 3.96. The zero-order valence-electron chi connectivity index (χ0n) is 15.0. The van der Waals surface area contributed by atoms with E-state index in [0.717, 1.165) is 0 Å². The first-order chi connectivity index (χ1) is 13.7. The number of hydrogen-bond acceptors (Lipinski definition) is 4. The number of ether oxygens (including phenoxy) is 2.